The Bertz CT molecular complexity index is 458. The topological polar surface area (TPSA) is 85.3 Å². The highest BCUT2D eigenvalue weighted by molar-refractivity contribution is 5.60. The van der Waals surface area contributed by atoms with Crippen LogP contribution in [0.1, 0.15) is 32.1 Å². The minimum atomic E-state index is -0.404. The molecule has 6 heteroatoms. The number of nitrogens with two attached hydrogens (primary N) is 1. The molecule has 0 aromatic carbocycles. The van der Waals surface area contributed by atoms with Crippen molar-refractivity contribution in [1.29, 1.82) is 0 Å². The van der Waals surface area contributed by atoms with E-state index in [4.69, 9.17) is 5.73 Å². The van der Waals surface area contributed by atoms with Gasteiger partial charge in [0.05, 0.1) is 4.92 Å². The molecule has 0 saturated heterocycles. The Hall–Kier alpha value is -1.85. The molecule has 104 valence electrons. The molecule has 0 spiro atoms. The smallest absolute Gasteiger partial charge is 0.311 e. The normalized spacial score (nSPS) is 16.3. The SMILES string of the molecule is CN(CC1CCCCC1)c1nc(N)ccc1[N+](=O)[O-]. The molecule has 1 saturated carbocycles. The van der Waals surface area contributed by atoms with Crippen molar-refractivity contribution in [1.82, 2.24) is 4.98 Å². The average Bonchev–Trinajstić information content (AvgIpc) is 2.39. The predicted molar refractivity (Wildman–Crippen MR) is 75.1 cm³/mol. The van der Waals surface area contributed by atoms with E-state index in [1.54, 1.807) is 0 Å². The van der Waals surface area contributed by atoms with Crippen molar-refractivity contribution in [2.24, 2.45) is 5.92 Å². The third-order valence-electron chi connectivity index (χ3n) is 3.69. The Kier molecular flexibility index (Phi) is 4.19. The maximum atomic E-state index is 11.0. The van der Waals surface area contributed by atoms with Gasteiger partial charge in [0.25, 0.3) is 0 Å². The summed E-state index contributed by atoms with van der Waals surface area (Å²) < 4.78 is 0. The molecule has 0 atom stereocenters. The van der Waals surface area contributed by atoms with Crippen molar-refractivity contribution in [3.63, 3.8) is 0 Å². The van der Waals surface area contributed by atoms with Crippen molar-refractivity contribution in [2.75, 3.05) is 24.2 Å². The van der Waals surface area contributed by atoms with Crippen LogP contribution in [0.5, 0.6) is 0 Å². The van der Waals surface area contributed by atoms with Gasteiger partial charge < -0.3 is 10.6 Å². The fraction of sp³-hybridized carbons (Fsp3) is 0.615. The summed E-state index contributed by atoms with van der Waals surface area (Å²) in [6.07, 6.45) is 6.20. The number of hydrogen-bond acceptors (Lipinski definition) is 5. The van der Waals surface area contributed by atoms with Crippen LogP contribution in [0, 0.1) is 16.0 Å². The molecule has 0 unspecified atom stereocenters. The van der Waals surface area contributed by atoms with Gasteiger partial charge in [-0.15, -0.1) is 0 Å². The van der Waals surface area contributed by atoms with Crippen LogP contribution in [0.25, 0.3) is 0 Å². The maximum Gasteiger partial charge on any atom is 0.311 e. The first-order valence-corrected chi connectivity index (χ1v) is 6.70. The van der Waals surface area contributed by atoms with E-state index in [0.29, 0.717) is 17.6 Å². The van der Waals surface area contributed by atoms with Gasteiger partial charge in [-0.05, 0) is 24.8 Å². The van der Waals surface area contributed by atoms with Gasteiger partial charge >= 0.3 is 5.69 Å². The van der Waals surface area contributed by atoms with Crippen molar-refractivity contribution >= 4 is 17.3 Å². The monoisotopic (exact) mass is 264 g/mol. The molecule has 0 aliphatic heterocycles. The molecular weight excluding hydrogens is 244 g/mol. The number of aromatic nitrogens is 1. The van der Waals surface area contributed by atoms with E-state index in [1.165, 1.54) is 44.2 Å². The molecule has 1 heterocycles. The second-order valence-electron chi connectivity index (χ2n) is 5.22. The van der Waals surface area contributed by atoms with Gasteiger partial charge in [-0.1, -0.05) is 19.3 Å². The molecule has 0 amide bonds. The molecule has 1 aliphatic rings. The molecule has 1 aliphatic carbocycles. The van der Waals surface area contributed by atoms with Crippen LogP contribution in [0.15, 0.2) is 12.1 Å². The maximum absolute atomic E-state index is 11.0. The average molecular weight is 264 g/mol. The van der Waals surface area contributed by atoms with Crippen LogP contribution in [0.2, 0.25) is 0 Å². The molecule has 1 aromatic rings. The number of hydrogen-bond donors (Lipinski definition) is 1. The third kappa shape index (κ3) is 3.33. The van der Waals surface area contributed by atoms with Gasteiger partial charge in [0.1, 0.15) is 5.82 Å². The molecule has 0 radical (unpaired) electrons. The van der Waals surface area contributed by atoms with Crippen LogP contribution >= 0.6 is 0 Å². The second-order valence-corrected chi connectivity index (χ2v) is 5.22. The van der Waals surface area contributed by atoms with Gasteiger partial charge in [-0.25, -0.2) is 4.98 Å². The zero-order valence-electron chi connectivity index (χ0n) is 11.2. The van der Waals surface area contributed by atoms with Crippen molar-refractivity contribution in [2.45, 2.75) is 32.1 Å². The van der Waals surface area contributed by atoms with Gasteiger partial charge in [-0.3, -0.25) is 10.1 Å². The summed E-state index contributed by atoms with van der Waals surface area (Å²) in [5.41, 5.74) is 5.66. The van der Waals surface area contributed by atoms with Crippen LogP contribution < -0.4 is 10.6 Å². The molecule has 2 rings (SSSR count). The third-order valence-corrected chi connectivity index (χ3v) is 3.69. The molecule has 1 aromatic heterocycles. The number of anilines is 2. The van der Waals surface area contributed by atoms with Crippen LogP contribution in [0.4, 0.5) is 17.3 Å². The Morgan fingerprint density at radius 2 is 2.11 bits per heavy atom. The molecule has 2 N–H and O–H groups in total. The fourth-order valence-electron chi connectivity index (χ4n) is 2.72. The van der Waals surface area contributed by atoms with E-state index in [2.05, 4.69) is 4.98 Å². The zero-order chi connectivity index (χ0) is 13.8. The Labute approximate surface area is 112 Å². The summed E-state index contributed by atoms with van der Waals surface area (Å²) >= 11 is 0. The number of rotatable bonds is 4. The van der Waals surface area contributed by atoms with Crippen LogP contribution in [-0.4, -0.2) is 23.5 Å². The van der Waals surface area contributed by atoms with Crippen LogP contribution in [-0.2, 0) is 0 Å². The summed E-state index contributed by atoms with van der Waals surface area (Å²) in [4.78, 5) is 16.6. The molecular formula is C13H20N4O2. The number of nitrogens with zero attached hydrogens (tertiary/aromatic N) is 3. The standard InChI is InChI=1S/C13H20N4O2/c1-16(9-10-5-3-2-4-6-10)13-11(17(18)19)7-8-12(14)15-13/h7-8,10H,2-6,9H2,1H3,(H2,14,15). The summed E-state index contributed by atoms with van der Waals surface area (Å²) in [5.74, 6) is 1.29. The molecule has 0 bridgehead atoms. The van der Waals surface area contributed by atoms with Crippen molar-refractivity contribution in [3.05, 3.63) is 22.2 Å². The first-order chi connectivity index (χ1) is 9.08. The first kappa shape index (κ1) is 13.6. The number of nitrogen functional groups attached to an aromatic ring is 1. The minimum absolute atomic E-state index is 0.0208. The lowest BCUT2D eigenvalue weighted by Crippen LogP contribution is -2.28. The molecule has 1 fully saturated rings. The lowest BCUT2D eigenvalue weighted by atomic mass is 9.89. The summed E-state index contributed by atoms with van der Waals surface area (Å²) in [6.45, 7) is 0.803. The van der Waals surface area contributed by atoms with E-state index in [1.807, 2.05) is 11.9 Å². The van der Waals surface area contributed by atoms with Gasteiger partial charge in [0, 0.05) is 19.7 Å². The highest BCUT2D eigenvalue weighted by Gasteiger charge is 2.22. The number of pyridine rings is 1. The second kappa shape index (κ2) is 5.86. The quantitative estimate of drug-likeness (QED) is 0.667. The van der Waals surface area contributed by atoms with Crippen LogP contribution in [0.3, 0.4) is 0 Å². The highest BCUT2D eigenvalue weighted by Crippen LogP contribution is 2.29. The number of nitro groups is 1. The van der Waals surface area contributed by atoms with E-state index in [0.717, 1.165) is 6.54 Å². The molecule has 19 heavy (non-hydrogen) atoms. The van der Waals surface area contributed by atoms with Gasteiger partial charge in [0.2, 0.25) is 5.82 Å². The lowest BCUT2D eigenvalue weighted by Gasteiger charge is -2.27. The summed E-state index contributed by atoms with van der Waals surface area (Å²) in [7, 11) is 1.85. The molecule has 6 nitrogen and oxygen atoms in total. The first-order valence-electron chi connectivity index (χ1n) is 6.70. The van der Waals surface area contributed by atoms with Gasteiger partial charge in [0.15, 0.2) is 0 Å². The largest absolute Gasteiger partial charge is 0.384 e. The van der Waals surface area contributed by atoms with E-state index in [-0.39, 0.29) is 5.69 Å². The highest BCUT2D eigenvalue weighted by atomic mass is 16.6. The lowest BCUT2D eigenvalue weighted by molar-refractivity contribution is -0.384. The van der Waals surface area contributed by atoms with E-state index in [9.17, 15) is 10.1 Å². The minimum Gasteiger partial charge on any atom is -0.384 e. The predicted octanol–water partition coefficient (Wildman–Crippen LogP) is 2.59. The Morgan fingerprint density at radius 3 is 2.74 bits per heavy atom. The zero-order valence-corrected chi connectivity index (χ0v) is 11.2. The summed E-state index contributed by atoms with van der Waals surface area (Å²) in [6, 6.07) is 2.89. The van der Waals surface area contributed by atoms with E-state index >= 15 is 0 Å². The van der Waals surface area contributed by atoms with Crippen molar-refractivity contribution < 1.29 is 4.92 Å². The van der Waals surface area contributed by atoms with Gasteiger partial charge in [-0.2, -0.15) is 0 Å². The van der Waals surface area contributed by atoms with E-state index < -0.39 is 4.92 Å². The Balaban J connectivity index is 2.14. The van der Waals surface area contributed by atoms with Crippen molar-refractivity contribution in [3.8, 4) is 0 Å². The fourth-order valence-corrected chi connectivity index (χ4v) is 2.72. The summed E-state index contributed by atoms with van der Waals surface area (Å²) in [5, 5.41) is 11.0. The Morgan fingerprint density at radius 1 is 1.42 bits per heavy atom.